The van der Waals surface area contributed by atoms with E-state index in [-0.39, 0.29) is 28.0 Å². The highest BCUT2D eigenvalue weighted by atomic mass is 79.9. The molecule has 0 N–H and O–H groups in total. The van der Waals surface area contributed by atoms with Gasteiger partial charge in [0.2, 0.25) is 0 Å². The zero-order valence-electron chi connectivity index (χ0n) is 9.47. The van der Waals surface area contributed by atoms with Gasteiger partial charge in [-0.15, -0.1) is 0 Å². The van der Waals surface area contributed by atoms with Crippen molar-refractivity contribution in [3.05, 3.63) is 46.1 Å². The van der Waals surface area contributed by atoms with E-state index < -0.39 is 11.6 Å². The standard InChI is InChI=1S/C13H9BrF2O2/c1-7(17)4-9-2-3-12(18-9)13-10(14)5-8(15)6-11(13)16/h2-3,5-6H,4H2,1H3. The Hall–Kier alpha value is -1.49. The fraction of sp³-hybridized carbons (Fsp3) is 0.154. The summed E-state index contributed by atoms with van der Waals surface area (Å²) in [6.07, 6.45) is 0.153. The lowest BCUT2D eigenvalue weighted by Crippen LogP contribution is -1.93. The SMILES string of the molecule is CC(=O)Cc1ccc(-c2c(F)cc(F)cc2Br)o1. The third kappa shape index (κ3) is 2.67. The lowest BCUT2D eigenvalue weighted by atomic mass is 10.1. The summed E-state index contributed by atoms with van der Waals surface area (Å²) >= 11 is 3.09. The van der Waals surface area contributed by atoms with Gasteiger partial charge in [0.05, 0.1) is 12.0 Å². The number of ketones is 1. The van der Waals surface area contributed by atoms with Crippen molar-refractivity contribution >= 4 is 21.7 Å². The van der Waals surface area contributed by atoms with Crippen molar-refractivity contribution in [3.63, 3.8) is 0 Å². The van der Waals surface area contributed by atoms with Gasteiger partial charge in [-0.05, 0) is 41.1 Å². The molecule has 0 unspecified atom stereocenters. The predicted molar refractivity (Wildman–Crippen MR) is 66.1 cm³/mol. The highest BCUT2D eigenvalue weighted by molar-refractivity contribution is 9.10. The Kier molecular flexibility index (Phi) is 3.61. The van der Waals surface area contributed by atoms with Gasteiger partial charge in [-0.2, -0.15) is 0 Å². The molecule has 1 aromatic carbocycles. The van der Waals surface area contributed by atoms with Gasteiger partial charge in [0.25, 0.3) is 0 Å². The van der Waals surface area contributed by atoms with E-state index in [9.17, 15) is 13.6 Å². The Morgan fingerprint density at radius 1 is 1.33 bits per heavy atom. The maximum Gasteiger partial charge on any atom is 0.138 e. The van der Waals surface area contributed by atoms with E-state index in [0.717, 1.165) is 12.1 Å². The minimum Gasteiger partial charge on any atom is -0.460 e. The summed E-state index contributed by atoms with van der Waals surface area (Å²) in [7, 11) is 0. The van der Waals surface area contributed by atoms with Gasteiger partial charge in [0, 0.05) is 10.5 Å². The van der Waals surface area contributed by atoms with Crippen molar-refractivity contribution in [2.75, 3.05) is 0 Å². The second-order valence-electron chi connectivity index (χ2n) is 3.89. The van der Waals surface area contributed by atoms with E-state index in [4.69, 9.17) is 4.42 Å². The lowest BCUT2D eigenvalue weighted by molar-refractivity contribution is -0.116. The molecule has 1 aromatic heterocycles. The average molecular weight is 315 g/mol. The number of hydrogen-bond donors (Lipinski definition) is 0. The van der Waals surface area contributed by atoms with Gasteiger partial charge in [-0.3, -0.25) is 4.79 Å². The van der Waals surface area contributed by atoms with Gasteiger partial charge < -0.3 is 4.42 Å². The molecule has 0 atom stereocenters. The zero-order valence-corrected chi connectivity index (χ0v) is 11.1. The fourth-order valence-electron chi connectivity index (χ4n) is 1.63. The van der Waals surface area contributed by atoms with Crippen LogP contribution in [0.4, 0.5) is 8.78 Å². The van der Waals surface area contributed by atoms with Crippen molar-refractivity contribution in [1.82, 2.24) is 0 Å². The van der Waals surface area contributed by atoms with Crippen LogP contribution in [0, 0.1) is 11.6 Å². The second-order valence-corrected chi connectivity index (χ2v) is 4.74. The van der Waals surface area contributed by atoms with E-state index in [2.05, 4.69) is 15.9 Å². The van der Waals surface area contributed by atoms with Crippen LogP contribution in [0.2, 0.25) is 0 Å². The van der Waals surface area contributed by atoms with Crippen LogP contribution < -0.4 is 0 Å². The van der Waals surface area contributed by atoms with Crippen LogP contribution in [-0.4, -0.2) is 5.78 Å². The summed E-state index contributed by atoms with van der Waals surface area (Å²) in [5.41, 5.74) is 0.145. The fourth-order valence-corrected chi connectivity index (χ4v) is 2.23. The van der Waals surface area contributed by atoms with Crippen LogP contribution in [0.5, 0.6) is 0 Å². The number of benzene rings is 1. The van der Waals surface area contributed by atoms with Crippen LogP contribution in [0.3, 0.4) is 0 Å². The minimum absolute atomic E-state index is 0.0467. The molecule has 0 amide bonds. The first-order valence-electron chi connectivity index (χ1n) is 5.20. The Morgan fingerprint density at radius 3 is 2.67 bits per heavy atom. The molecule has 0 saturated heterocycles. The number of Topliss-reactive ketones (excluding diaryl/α,β-unsaturated/α-hetero) is 1. The predicted octanol–water partition coefficient (Wildman–Crippen LogP) is 4.12. The highest BCUT2D eigenvalue weighted by Crippen LogP contribution is 2.33. The summed E-state index contributed by atoms with van der Waals surface area (Å²) in [5, 5.41) is 0. The molecule has 0 bridgehead atoms. The second kappa shape index (κ2) is 5.02. The zero-order chi connectivity index (χ0) is 13.3. The van der Waals surface area contributed by atoms with Crippen molar-refractivity contribution < 1.29 is 18.0 Å². The Balaban J connectivity index is 2.43. The molecule has 0 spiro atoms. The average Bonchev–Trinajstić information content (AvgIpc) is 2.63. The van der Waals surface area contributed by atoms with Crippen molar-refractivity contribution in [2.24, 2.45) is 0 Å². The normalized spacial score (nSPS) is 10.7. The smallest absolute Gasteiger partial charge is 0.138 e. The van der Waals surface area contributed by atoms with Crippen LogP contribution >= 0.6 is 15.9 Å². The Labute approximate surface area is 111 Å². The highest BCUT2D eigenvalue weighted by Gasteiger charge is 2.15. The summed E-state index contributed by atoms with van der Waals surface area (Å²) in [4.78, 5) is 10.9. The van der Waals surface area contributed by atoms with Gasteiger partial charge >= 0.3 is 0 Å². The molecule has 0 radical (unpaired) electrons. The van der Waals surface area contributed by atoms with E-state index in [1.165, 1.54) is 6.92 Å². The van der Waals surface area contributed by atoms with Crippen molar-refractivity contribution in [1.29, 1.82) is 0 Å². The monoisotopic (exact) mass is 314 g/mol. The summed E-state index contributed by atoms with van der Waals surface area (Å²) in [5.74, 6) is -0.720. The molecule has 0 aliphatic heterocycles. The quantitative estimate of drug-likeness (QED) is 0.853. The minimum atomic E-state index is -0.717. The molecular weight excluding hydrogens is 306 g/mol. The molecule has 18 heavy (non-hydrogen) atoms. The van der Waals surface area contributed by atoms with Crippen molar-refractivity contribution in [2.45, 2.75) is 13.3 Å². The molecular formula is C13H9BrF2O2. The summed E-state index contributed by atoms with van der Waals surface area (Å²) in [6, 6.07) is 5.10. The van der Waals surface area contributed by atoms with Gasteiger partial charge in [-0.25, -0.2) is 8.78 Å². The Bertz CT molecular complexity index is 582. The van der Waals surface area contributed by atoms with Crippen molar-refractivity contribution in [3.8, 4) is 11.3 Å². The first-order valence-corrected chi connectivity index (χ1v) is 5.99. The summed E-state index contributed by atoms with van der Waals surface area (Å²) < 4.78 is 32.3. The molecule has 0 aliphatic rings. The summed E-state index contributed by atoms with van der Waals surface area (Å²) in [6.45, 7) is 1.44. The first kappa shape index (κ1) is 13.0. The molecule has 1 heterocycles. The van der Waals surface area contributed by atoms with Gasteiger partial charge in [0.15, 0.2) is 0 Å². The third-order valence-corrected chi connectivity index (χ3v) is 2.96. The van der Waals surface area contributed by atoms with Crippen LogP contribution in [-0.2, 0) is 11.2 Å². The van der Waals surface area contributed by atoms with Crippen LogP contribution in [0.15, 0.2) is 33.2 Å². The number of carbonyl (C=O) groups excluding carboxylic acids is 1. The van der Waals surface area contributed by atoms with E-state index in [0.29, 0.717) is 5.76 Å². The maximum absolute atomic E-state index is 13.7. The number of rotatable bonds is 3. The molecule has 0 saturated carbocycles. The molecule has 5 heteroatoms. The molecule has 94 valence electrons. The molecule has 2 rings (SSSR count). The molecule has 2 nitrogen and oxygen atoms in total. The van der Waals surface area contributed by atoms with Gasteiger partial charge in [-0.1, -0.05) is 0 Å². The number of hydrogen-bond acceptors (Lipinski definition) is 2. The number of furan rings is 1. The van der Waals surface area contributed by atoms with Gasteiger partial charge in [0.1, 0.15) is 28.9 Å². The molecule has 2 aromatic rings. The Morgan fingerprint density at radius 2 is 2.06 bits per heavy atom. The van der Waals surface area contributed by atoms with E-state index >= 15 is 0 Å². The molecule has 0 aliphatic carbocycles. The maximum atomic E-state index is 13.7. The number of halogens is 3. The molecule has 0 fully saturated rings. The largest absolute Gasteiger partial charge is 0.460 e. The van der Waals surface area contributed by atoms with E-state index in [1.54, 1.807) is 12.1 Å². The van der Waals surface area contributed by atoms with Crippen LogP contribution in [0.1, 0.15) is 12.7 Å². The first-order chi connectivity index (χ1) is 8.47. The van der Waals surface area contributed by atoms with E-state index in [1.807, 2.05) is 0 Å². The lowest BCUT2D eigenvalue weighted by Gasteiger charge is -2.03. The number of carbonyl (C=O) groups is 1. The van der Waals surface area contributed by atoms with Crippen LogP contribution in [0.25, 0.3) is 11.3 Å². The topological polar surface area (TPSA) is 30.2 Å². The third-order valence-electron chi connectivity index (χ3n) is 2.34.